The van der Waals surface area contributed by atoms with Crippen molar-refractivity contribution in [3.05, 3.63) is 23.1 Å². The number of amides is 1. The van der Waals surface area contributed by atoms with Crippen LogP contribution in [0, 0.1) is 0 Å². The standard InChI is InChI=1S/C8H9ClN2O2S/c1-4(7(10)14)11-8(12)5-2-3-13-6(5)9/h2-4H,1H3,(H2,10,14)(H,11,12). The number of hydrogen-bond acceptors (Lipinski definition) is 3. The highest BCUT2D eigenvalue weighted by atomic mass is 35.5. The molecule has 1 aromatic heterocycles. The van der Waals surface area contributed by atoms with Crippen molar-refractivity contribution >= 4 is 34.7 Å². The van der Waals surface area contributed by atoms with Crippen molar-refractivity contribution in [1.29, 1.82) is 0 Å². The lowest BCUT2D eigenvalue weighted by molar-refractivity contribution is 0.0949. The lowest BCUT2D eigenvalue weighted by atomic mass is 10.2. The summed E-state index contributed by atoms with van der Waals surface area (Å²) in [6.07, 6.45) is 1.34. The number of furan rings is 1. The quantitative estimate of drug-likeness (QED) is 0.772. The van der Waals surface area contributed by atoms with Crippen molar-refractivity contribution in [2.75, 3.05) is 0 Å². The van der Waals surface area contributed by atoms with Gasteiger partial charge in [-0.25, -0.2) is 0 Å². The summed E-state index contributed by atoms with van der Waals surface area (Å²) in [7, 11) is 0. The summed E-state index contributed by atoms with van der Waals surface area (Å²) in [4.78, 5) is 11.7. The number of thiocarbonyl (C=S) groups is 1. The van der Waals surface area contributed by atoms with Gasteiger partial charge < -0.3 is 15.5 Å². The van der Waals surface area contributed by atoms with Crippen molar-refractivity contribution in [1.82, 2.24) is 5.32 Å². The molecule has 1 heterocycles. The van der Waals surface area contributed by atoms with E-state index in [-0.39, 0.29) is 27.7 Å². The molecular weight excluding hydrogens is 224 g/mol. The highest BCUT2D eigenvalue weighted by Crippen LogP contribution is 2.16. The average molecular weight is 233 g/mol. The fourth-order valence-corrected chi connectivity index (χ4v) is 1.06. The van der Waals surface area contributed by atoms with E-state index in [9.17, 15) is 4.79 Å². The van der Waals surface area contributed by atoms with Gasteiger partial charge in [-0.2, -0.15) is 0 Å². The minimum Gasteiger partial charge on any atom is -0.452 e. The maximum absolute atomic E-state index is 11.5. The Morgan fingerprint density at radius 3 is 2.86 bits per heavy atom. The molecule has 1 rings (SSSR count). The number of carbonyl (C=O) groups is 1. The number of carbonyl (C=O) groups excluding carboxylic acids is 1. The van der Waals surface area contributed by atoms with E-state index in [4.69, 9.17) is 34.0 Å². The van der Waals surface area contributed by atoms with Crippen LogP contribution < -0.4 is 11.1 Å². The Balaban J connectivity index is 2.69. The molecule has 1 amide bonds. The highest BCUT2D eigenvalue weighted by Gasteiger charge is 2.15. The molecule has 3 N–H and O–H groups in total. The molecule has 1 unspecified atom stereocenters. The zero-order valence-electron chi connectivity index (χ0n) is 7.41. The summed E-state index contributed by atoms with van der Waals surface area (Å²) >= 11 is 10.3. The van der Waals surface area contributed by atoms with Crippen LogP contribution in [0.5, 0.6) is 0 Å². The van der Waals surface area contributed by atoms with Gasteiger partial charge in [0.2, 0.25) is 5.22 Å². The van der Waals surface area contributed by atoms with Gasteiger partial charge >= 0.3 is 0 Å². The average Bonchev–Trinajstić information content (AvgIpc) is 2.51. The molecule has 0 aliphatic heterocycles. The largest absolute Gasteiger partial charge is 0.452 e. The van der Waals surface area contributed by atoms with Gasteiger partial charge in [0.05, 0.1) is 22.9 Å². The Morgan fingerprint density at radius 1 is 1.79 bits per heavy atom. The van der Waals surface area contributed by atoms with E-state index >= 15 is 0 Å². The van der Waals surface area contributed by atoms with Gasteiger partial charge in [-0.15, -0.1) is 0 Å². The molecule has 14 heavy (non-hydrogen) atoms. The van der Waals surface area contributed by atoms with Gasteiger partial charge in [0, 0.05) is 0 Å². The second kappa shape index (κ2) is 4.43. The van der Waals surface area contributed by atoms with Crippen LogP contribution in [0.2, 0.25) is 5.22 Å². The minimum atomic E-state index is -0.372. The summed E-state index contributed by atoms with van der Waals surface area (Å²) < 4.78 is 4.77. The van der Waals surface area contributed by atoms with Crippen molar-refractivity contribution in [2.45, 2.75) is 13.0 Å². The molecule has 0 fully saturated rings. The van der Waals surface area contributed by atoms with Crippen molar-refractivity contribution in [3.63, 3.8) is 0 Å². The summed E-state index contributed by atoms with van der Waals surface area (Å²) in [5.41, 5.74) is 5.61. The Kier molecular flexibility index (Phi) is 3.49. The monoisotopic (exact) mass is 232 g/mol. The van der Waals surface area contributed by atoms with Gasteiger partial charge in [0.15, 0.2) is 0 Å². The minimum absolute atomic E-state index is 0.0534. The first kappa shape index (κ1) is 11.0. The Labute approximate surface area is 91.4 Å². The van der Waals surface area contributed by atoms with E-state index in [1.54, 1.807) is 6.92 Å². The second-order valence-electron chi connectivity index (χ2n) is 2.71. The molecule has 0 bridgehead atoms. The molecule has 0 saturated carbocycles. The number of halogens is 1. The molecular formula is C8H9ClN2O2S. The molecule has 1 atom stereocenters. The molecule has 0 saturated heterocycles. The number of nitrogens with one attached hydrogen (secondary N) is 1. The molecule has 6 heteroatoms. The zero-order valence-corrected chi connectivity index (χ0v) is 8.98. The smallest absolute Gasteiger partial charge is 0.256 e. The van der Waals surface area contributed by atoms with E-state index < -0.39 is 0 Å². The third-order valence-electron chi connectivity index (χ3n) is 1.64. The maximum Gasteiger partial charge on any atom is 0.256 e. The predicted molar refractivity (Wildman–Crippen MR) is 57.4 cm³/mol. The molecule has 0 spiro atoms. The van der Waals surface area contributed by atoms with E-state index in [0.717, 1.165) is 0 Å². The van der Waals surface area contributed by atoms with Gasteiger partial charge in [-0.3, -0.25) is 4.79 Å². The lowest BCUT2D eigenvalue weighted by Crippen LogP contribution is -2.41. The Bertz CT molecular complexity index is 364. The van der Waals surface area contributed by atoms with Crippen LogP contribution in [0.25, 0.3) is 0 Å². The summed E-state index contributed by atoms with van der Waals surface area (Å²) in [5, 5.41) is 2.63. The summed E-state index contributed by atoms with van der Waals surface area (Å²) in [6, 6.07) is 1.10. The van der Waals surface area contributed by atoms with Crippen LogP contribution in [0.4, 0.5) is 0 Å². The molecule has 0 aromatic carbocycles. The van der Waals surface area contributed by atoms with E-state index in [2.05, 4.69) is 5.32 Å². The maximum atomic E-state index is 11.5. The van der Waals surface area contributed by atoms with E-state index in [1.165, 1.54) is 12.3 Å². The lowest BCUT2D eigenvalue weighted by Gasteiger charge is -2.10. The Morgan fingerprint density at radius 2 is 2.43 bits per heavy atom. The molecule has 4 nitrogen and oxygen atoms in total. The van der Waals surface area contributed by atoms with E-state index in [1.807, 2.05) is 0 Å². The molecule has 76 valence electrons. The fourth-order valence-electron chi connectivity index (χ4n) is 0.801. The van der Waals surface area contributed by atoms with E-state index in [0.29, 0.717) is 0 Å². The zero-order chi connectivity index (χ0) is 10.7. The van der Waals surface area contributed by atoms with Gasteiger partial charge in [0.25, 0.3) is 5.91 Å². The summed E-state index contributed by atoms with van der Waals surface area (Å²) in [6.45, 7) is 1.69. The SMILES string of the molecule is CC(NC(=O)c1ccoc1Cl)C(N)=S. The number of hydrogen-bond donors (Lipinski definition) is 2. The topological polar surface area (TPSA) is 68.3 Å². The van der Waals surface area contributed by atoms with Crippen LogP contribution in [0.15, 0.2) is 16.7 Å². The van der Waals surface area contributed by atoms with Gasteiger partial charge in [-0.1, -0.05) is 12.2 Å². The predicted octanol–water partition coefficient (Wildman–Crippen LogP) is 1.34. The van der Waals surface area contributed by atoms with Crippen molar-refractivity contribution in [3.8, 4) is 0 Å². The second-order valence-corrected chi connectivity index (χ2v) is 3.52. The first-order valence-electron chi connectivity index (χ1n) is 3.85. The first-order valence-corrected chi connectivity index (χ1v) is 4.64. The summed E-state index contributed by atoms with van der Waals surface area (Å²) in [5.74, 6) is -0.357. The van der Waals surface area contributed by atoms with Crippen LogP contribution in [-0.2, 0) is 0 Å². The molecule has 0 aliphatic carbocycles. The fraction of sp³-hybridized carbons (Fsp3) is 0.250. The Hall–Kier alpha value is -1.07. The first-order chi connectivity index (χ1) is 6.52. The molecule has 0 radical (unpaired) electrons. The van der Waals surface area contributed by atoms with Gasteiger partial charge in [0.1, 0.15) is 0 Å². The van der Waals surface area contributed by atoms with Crippen LogP contribution in [-0.4, -0.2) is 16.9 Å². The normalized spacial score (nSPS) is 12.1. The van der Waals surface area contributed by atoms with Crippen molar-refractivity contribution < 1.29 is 9.21 Å². The van der Waals surface area contributed by atoms with Gasteiger partial charge in [-0.05, 0) is 24.6 Å². The molecule has 1 aromatic rings. The number of rotatable bonds is 3. The van der Waals surface area contributed by atoms with Crippen LogP contribution in [0.1, 0.15) is 17.3 Å². The van der Waals surface area contributed by atoms with Crippen LogP contribution in [0.3, 0.4) is 0 Å². The number of nitrogens with two attached hydrogens (primary N) is 1. The van der Waals surface area contributed by atoms with Crippen LogP contribution >= 0.6 is 23.8 Å². The molecule has 0 aliphatic rings. The third-order valence-corrected chi connectivity index (χ3v) is 2.28. The van der Waals surface area contributed by atoms with Crippen molar-refractivity contribution in [2.24, 2.45) is 5.73 Å². The third kappa shape index (κ3) is 2.46. The highest BCUT2D eigenvalue weighted by molar-refractivity contribution is 7.80.